The molecule has 0 aromatic heterocycles. The van der Waals surface area contributed by atoms with Crippen LogP contribution < -0.4 is 11.1 Å². The van der Waals surface area contributed by atoms with Gasteiger partial charge >= 0.3 is 0 Å². The van der Waals surface area contributed by atoms with Gasteiger partial charge in [0.15, 0.2) is 0 Å². The Morgan fingerprint density at radius 3 is 2.82 bits per heavy atom. The summed E-state index contributed by atoms with van der Waals surface area (Å²) in [6.45, 7) is 3.64. The van der Waals surface area contributed by atoms with E-state index in [1.807, 2.05) is 0 Å². The van der Waals surface area contributed by atoms with Gasteiger partial charge < -0.3 is 11.1 Å². The van der Waals surface area contributed by atoms with Gasteiger partial charge in [-0.2, -0.15) is 0 Å². The largest absolute Gasteiger partial charge is 0.356 e. The Morgan fingerprint density at radius 2 is 2.24 bits per heavy atom. The van der Waals surface area contributed by atoms with E-state index in [4.69, 9.17) is 5.73 Å². The third-order valence-corrected chi connectivity index (χ3v) is 4.64. The fourth-order valence-corrected chi connectivity index (χ4v) is 3.61. The molecule has 0 aliphatic heterocycles. The first-order valence-electron chi connectivity index (χ1n) is 7.15. The van der Waals surface area contributed by atoms with E-state index in [0.29, 0.717) is 18.4 Å². The quantitative estimate of drug-likeness (QED) is 0.742. The lowest BCUT2D eigenvalue weighted by atomic mass is 9.86. The first kappa shape index (κ1) is 12.9. The highest BCUT2D eigenvalue weighted by Crippen LogP contribution is 2.49. The number of nitrogens with one attached hydrogen (secondary N) is 1. The lowest BCUT2D eigenvalue weighted by Crippen LogP contribution is -2.31. The van der Waals surface area contributed by atoms with Crippen LogP contribution in [0.15, 0.2) is 0 Å². The molecule has 3 N–H and O–H groups in total. The monoisotopic (exact) mass is 238 g/mol. The number of rotatable bonds is 6. The van der Waals surface area contributed by atoms with E-state index in [-0.39, 0.29) is 5.91 Å². The third-order valence-electron chi connectivity index (χ3n) is 4.64. The van der Waals surface area contributed by atoms with Crippen LogP contribution in [0.1, 0.15) is 45.4 Å². The molecule has 17 heavy (non-hydrogen) atoms. The third kappa shape index (κ3) is 3.44. The SMILES string of the molecule is CC(CCN)CNC(=O)CC1CC2CCC1C2. The van der Waals surface area contributed by atoms with Crippen LogP contribution in [0, 0.1) is 23.7 Å². The number of hydrogen-bond donors (Lipinski definition) is 2. The molecule has 2 aliphatic rings. The minimum absolute atomic E-state index is 0.256. The first-order valence-corrected chi connectivity index (χ1v) is 7.15. The van der Waals surface area contributed by atoms with Crippen molar-refractivity contribution in [3.63, 3.8) is 0 Å². The van der Waals surface area contributed by atoms with E-state index >= 15 is 0 Å². The number of hydrogen-bond acceptors (Lipinski definition) is 2. The molecule has 4 atom stereocenters. The van der Waals surface area contributed by atoms with E-state index in [0.717, 1.165) is 31.2 Å². The number of amides is 1. The molecule has 2 aliphatic carbocycles. The lowest BCUT2D eigenvalue weighted by Gasteiger charge is -2.21. The topological polar surface area (TPSA) is 55.1 Å². The maximum absolute atomic E-state index is 11.8. The lowest BCUT2D eigenvalue weighted by molar-refractivity contribution is -0.122. The summed E-state index contributed by atoms with van der Waals surface area (Å²) in [4.78, 5) is 11.8. The van der Waals surface area contributed by atoms with Crippen LogP contribution >= 0.6 is 0 Å². The maximum atomic E-state index is 11.8. The summed E-state index contributed by atoms with van der Waals surface area (Å²) in [6.07, 6.45) is 7.23. The fourth-order valence-electron chi connectivity index (χ4n) is 3.61. The molecule has 0 aromatic carbocycles. The predicted molar refractivity (Wildman–Crippen MR) is 69.4 cm³/mol. The molecule has 2 saturated carbocycles. The van der Waals surface area contributed by atoms with Crippen molar-refractivity contribution in [2.24, 2.45) is 29.4 Å². The molecular formula is C14H26N2O. The zero-order valence-electron chi connectivity index (χ0n) is 11.0. The summed E-state index contributed by atoms with van der Waals surface area (Å²) >= 11 is 0. The van der Waals surface area contributed by atoms with Crippen LogP contribution in [0.4, 0.5) is 0 Å². The number of fused-ring (bicyclic) bond motifs is 2. The van der Waals surface area contributed by atoms with Gasteiger partial charge in [0.1, 0.15) is 0 Å². The predicted octanol–water partition coefficient (Wildman–Crippen LogP) is 1.91. The normalized spacial score (nSPS) is 32.7. The zero-order chi connectivity index (χ0) is 12.3. The van der Waals surface area contributed by atoms with Crippen molar-refractivity contribution >= 4 is 5.91 Å². The Morgan fingerprint density at radius 1 is 1.41 bits per heavy atom. The van der Waals surface area contributed by atoms with Crippen molar-refractivity contribution in [2.75, 3.05) is 13.1 Å². The molecule has 4 unspecified atom stereocenters. The standard InChI is InChI=1S/C14H26N2O/c1-10(4-5-15)9-16-14(17)8-13-7-11-2-3-12(13)6-11/h10-13H,2-9,15H2,1H3,(H,16,17). The van der Waals surface area contributed by atoms with Crippen LogP contribution in [0.5, 0.6) is 0 Å². The molecule has 98 valence electrons. The second-order valence-electron chi connectivity index (χ2n) is 6.13. The summed E-state index contributed by atoms with van der Waals surface area (Å²) in [7, 11) is 0. The smallest absolute Gasteiger partial charge is 0.220 e. The van der Waals surface area contributed by atoms with Crippen molar-refractivity contribution in [1.82, 2.24) is 5.32 Å². The van der Waals surface area contributed by atoms with Crippen molar-refractivity contribution in [1.29, 1.82) is 0 Å². The van der Waals surface area contributed by atoms with Crippen molar-refractivity contribution in [3.05, 3.63) is 0 Å². The van der Waals surface area contributed by atoms with E-state index < -0.39 is 0 Å². The second kappa shape index (κ2) is 5.85. The van der Waals surface area contributed by atoms with Gasteiger partial charge in [-0.3, -0.25) is 4.79 Å². The average Bonchev–Trinajstić information content (AvgIpc) is 2.88. The van der Waals surface area contributed by atoms with Gasteiger partial charge in [0, 0.05) is 13.0 Å². The van der Waals surface area contributed by atoms with E-state index in [2.05, 4.69) is 12.2 Å². The van der Waals surface area contributed by atoms with Gasteiger partial charge in [0.05, 0.1) is 0 Å². The summed E-state index contributed by atoms with van der Waals surface area (Å²) in [6, 6.07) is 0. The van der Waals surface area contributed by atoms with Crippen molar-refractivity contribution in [2.45, 2.75) is 45.4 Å². The van der Waals surface area contributed by atoms with E-state index in [1.54, 1.807) is 0 Å². The van der Waals surface area contributed by atoms with Gasteiger partial charge in [0.25, 0.3) is 0 Å². The molecule has 3 nitrogen and oxygen atoms in total. The number of nitrogens with two attached hydrogens (primary N) is 1. The summed E-state index contributed by atoms with van der Waals surface area (Å²) < 4.78 is 0. The van der Waals surface area contributed by atoms with Gasteiger partial charge in [-0.1, -0.05) is 13.3 Å². The molecule has 0 aromatic rings. The molecule has 0 saturated heterocycles. The molecule has 0 radical (unpaired) electrons. The number of carbonyl (C=O) groups is 1. The Kier molecular flexibility index (Phi) is 4.43. The highest BCUT2D eigenvalue weighted by molar-refractivity contribution is 5.76. The molecule has 2 rings (SSSR count). The highest BCUT2D eigenvalue weighted by Gasteiger charge is 2.39. The summed E-state index contributed by atoms with van der Waals surface area (Å²) in [5.74, 6) is 3.23. The fraction of sp³-hybridized carbons (Fsp3) is 0.929. The minimum atomic E-state index is 0.256. The van der Waals surface area contributed by atoms with E-state index in [9.17, 15) is 4.79 Å². The summed E-state index contributed by atoms with van der Waals surface area (Å²) in [5.41, 5.74) is 5.50. The molecule has 3 heteroatoms. The maximum Gasteiger partial charge on any atom is 0.220 e. The van der Waals surface area contributed by atoms with Gasteiger partial charge in [0.2, 0.25) is 5.91 Å². The zero-order valence-corrected chi connectivity index (χ0v) is 11.0. The van der Waals surface area contributed by atoms with E-state index in [1.165, 1.54) is 25.7 Å². The van der Waals surface area contributed by atoms with Gasteiger partial charge in [-0.25, -0.2) is 0 Å². The second-order valence-corrected chi connectivity index (χ2v) is 6.13. The number of carbonyl (C=O) groups excluding carboxylic acids is 1. The molecule has 0 heterocycles. The van der Waals surface area contributed by atoms with Crippen LogP contribution in [0.2, 0.25) is 0 Å². The average molecular weight is 238 g/mol. The van der Waals surface area contributed by atoms with Gasteiger partial charge in [-0.15, -0.1) is 0 Å². The van der Waals surface area contributed by atoms with Crippen LogP contribution in [0.25, 0.3) is 0 Å². The van der Waals surface area contributed by atoms with Crippen LogP contribution in [-0.4, -0.2) is 19.0 Å². The molecular weight excluding hydrogens is 212 g/mol. The summed E-state index contributed by atoms with van der Waals surface area (Å²) in [5, 5.41) is 3.06. The van der Waals surface area contributed by atoms with Gasteiger partial charge in [-0.05, 0) is 55.9 Å². The first-order chi connectivity index (χ1) is 8.19. The molecule has 0 spiro atoms. The van der Waals surface area contributed by atoms with Crippen molar-refractivity contribution in [3.8, 4) is 0 Å². The Bertz CT molecular complexity index is 267. The highest BCUT2D eigenvalue weighted by atomic mass is 16.1. The Balaban J connectivity index is 1.64. The van der Waals surface area contributed by atoms with Crippen LogP contribution in [-0.2, 0) is 4.79 Å². The molecule has 2 bridgehead atoms. The molecule has 1 amide bonds. The minimum Gasteiger partial charge on any atom is -0.356 e. The Hall–Kier alpha value is -0.570. The Labute approximate surface area is 105 Å². The van der Waals surface area contributed by atoms with Crippen molar-refractivity contribution < 1.29 is 4.79 Å². The molecule has 2 fully saturated rings. The van der Waals surface area contributed by atoms with Crippen LogP contribution in [0.3, 0.4) is 0 Å².